The summed E-state index contributed by atoms with van der Waals surface area (Å²) in [6.07, 6.45) is 1.78. The smallest absolute Gasteiger partial charge is 0.255 e. The minimum absolute atomic E-state index is 0.146. The van der Waals surface area contributed by atoms with E-state index < -0.39 is 15.1 Å². The molecule has 1 aromatic carbocycles. The summed E-state index contributed by atoms with van der Waals surface area (Å²) in [5.41, 5.74) is 3.12. The van der Waals surface area contributed by atoms with E-state index in [1.807, 2.05) is 0 Å². The molecule has 178 valence electrons. The number of pyridine rings is 1. The van der Waals surface area contributed by atoms with Crippen molar-refractivity contribution < 1.29 is 26.9 Å². The van der Waals surface area contributed by atoms with Crippen molar-refractivity contribution in [2.75, 3.05) is 18.8 Å². The highest BCUT2D eigenvalue weighted by molar-refractivity contribution is 7.92. The highest BCUT2D eigenvalue weighted by Crippen LogP contribution is 2.28. The van der Waals surface area contributed by atoms with E-state index in [-0.39, 0.29) is 30.6 Å². The molecule has 0 radical (unpaired) electrons. The number of rotatable bonds is 6. The van der Waals surface area contributed by atoms with Crippen LogP contribution in [0.5, 0.6) is 5.88 Å². The van der Waals surface area contributed by atoms with E-state index >= 15 is 0 Å². The molecule has 10 heteroatoms. The van der Waals surface area contributed by atoms with Gasteiger partial charge in [-0.3, -0.25) is 4.79 Å². The lowest BCUT2D eigenvalue weighted by molar-refractivity contribution is 0.0737. The van der Waals surface area contributed by atoms with E-state index in [1.54, 1.807) is 36.1 Å². The van der Waals surface area contributed by atoms with E-state index in [0.29, 0.717) is 60.0 Å². The van der Waals surface area contributed by atoms with Gasteiger partial charge < -0.3 is 14.2 Å². The molecule has 2 aromatic heterocycles. The van der Waals surface area contributed by atoms with Gasteiger partial charge in [-0.15, -0.1) is 0 Å². The molecule has 0 saturated carbocycles. The van der Waals surface area contributed by atoms with E-state index in [1.165, 1.54) is 12.1 Å². The highest BCUT2D eigenvalue weighted by atomic mass is 32.2. The van der Waals surface area contributed by atoms with Gasteiger partial charge in [-0.2, -0.15) is 0 Å². The monoisotopic (exact) mass is 485 g/mol. The third-order valence-corrected chi connectivity index (χ3v) is 8.70. The predicted octanol–water partition coefficient (Wildman–Crippen LogP) is 3.34. The van der Waals surface area contributed by atoms with Gasteiger partial charge in [-0.05, 0) is 50.1 Å². The molecule has 1 fully saturated rings. The van der Waals surface area contributed by atoms with E-state index in [0.717, 1.165) is 5.56 Å². The van der Waals surface area contributed by atoms with Crippen molar-refractivity contribution in [3.05, 3.63) is 64.8 Å². The number of aromatic nitrogens is 2. The molecule has 1 saturated heterocycles. The minimum atomic E-state index is -3.11. The average Bonchev–Trinajstić information content (AvgIpc) is 3.35. The van der Waals surface area contributed by atoms with Crippen LogP contribution < -0.4 is 4.74 Å². The van der Waals surface area contributed by atoms with Crippen LogP contribution in [0.3, 0.4) is 0 Å². The zero-order valence-electron chi connectivity index (χ0n) is 18.7. The van der Waals surface area contributed by atoms with Crippen LogP contribution in [-0.2, 0) is 22.9 Å². The number of ether oxygens (including phenoxy) is 1. The molecule has 1 amide bonds. The highest BCUT2D eigenvalue weighted by Gasteiger charge is 2.35. The molecule has 1 unspecified atom stereocenters. The first-order valence-corrected chi connectivity index (χ1v) is 12.9. The number of amides is 1. The molecule has 8 nitrogen and oxygen atoms in total. The zero-order valence-corrected chi connectivity index (χ0v) is 19.5. The third kappa shape index (κ3) is 4.29. The molecule has 0 N–H and O–H groups in total. The lowest BCUT2D eigenvalue weighted by Crippen LogP contribution is -2.43. The first-order valence-electron chi connectivity index (χ1n) is 11.2. The van der Waals surface area contributed by atoms with Gasteiger partial charge in [0.15, 0.2) is 9.84 Å². The topological polar surface area (TPSA) is 103 Å². The van der Waals surface area contributed by atoms with Gasteiger partial charge in [-0.25, -0.2) is 17.8 Å². The second kappa shape index (κ2) is 8.83. The summed E-state index contributed by atoms with van der Waals surface area (Å²) in [5, 5.41) is 3.60. The summed E-state index contributed by atoms with van der Waals surface area (Å²) in [4.78, 5) is 19.1. The molecule has 4 heterocycles. The van der Waals surface area contributed by atoms with Crippen LogP contribution >= 0.6 is 0 Å². The minimum Gasteiger partial charge on any atom is -0.473 e. The number of nitrogens with zero attached hydrogens (tertiary/aromatic N) is 3. The standard InChI is InChI=1S/C24H24FN3O5S/c1-15-20(23(27-33-15)16-4-6-17(25)7-5-16)14-32-22-9-8-19-21(26-22)10-11-28(24(19)29)13-18-3-2-12-34(18,30)31/h4-9,18H,2-3,10-14H2,1H3. The SMILES string of the molecule is Cc1onc(-c2ccc(F)cc2)c1COc1ccc2c(n1)CCN(CC1CCCS1(=O)=O)C2=O. The molecule has 2 aliphatic rings. The molecule has 0 spiro atoms. The second-order valence-corrected chi connectivity index (χ2v) is 11.0. The van der Waals surface area contributed by atoms with Crippen molar-refractivity contribution in [1.82, 2.24) is 15.0 Å². The van der Waals surface area contributed by atoms with Crippen LogP contribution in [0.2, 0.25) is 0 Å². The van der Waals surface area contributed by atoms with Crippen LogP contribution in [0.25, 0.3) is 11.3 Å². The maximum Gasteiger partial charge on any atom is 0.255 e. The summed E-state index contributed by atoms with van der Waals surface area (Å²) in [7, 11) is -3.11. The molecule has 5 rings (SSSR count). The molecule has 1 atom stereocenters. The van der Waals surface area contributed by atoms with E-state index in [4.69, 9.17) is 9.26 Å². The lowest BCUT2D eigenvalue weighted by atomic mass is 10.0. The van der Waals surface area contributed by atoms with Gasteiger partial charge in [0.25, 0.3) is 5.91 Å². The van der Waals surface area contributed by atoms with Crippen LogP contribution in [-0.4, -0.2) is 53.5 Å². The number of halogens is 1. The molecule has 2 aliphatic heterocycles. The Labute approximate surface area is 196 Å². The summed E-state index contributed by atoms with van der Waals surface area (Å²) in [5.74, 6) is 0.621. The largest absolute Gasteiger partial charge is 0.473 e. The number of hydrogen-bond donors (Lipinski definition) is 0. The Bertz CT molecular complexity index is 1340. The fraction of sp³-hybridized carbons (Fsp3) is 0.375. The number of carbonyl (C=O) groups is 1. The van der Waals surface area contributed by atoms with Crippen molar-refractivity contribution in [2.45, 2.75) is 38.0 Å². The molecular weight excluding hydrogens is 461 g/mol. The summed E-state index contributed by atoms with van der Waals surface area (Å²) < 4.78 is 48.8. The van der Waals surface area contributed by atoms with Gasteiger partial charge >= 0.3 is 0 Å². The van der Waals surface area contributed by atoms with E-state index in [2.05, 4.69) is 10.1 Å². The second-order valence-electron chi connectivity index (χ2n) is 8.64. The van der Waals surface area contributed by atoms with Crippen molar-refractivity contribution >= 4 is 15.7 Å². The number of aryl methyl sites for hydroxylation is 1. The summed E-state index contributed by atoms with van der Waals surface area (Å²) in [6, 6.07) is 9.28. The van der Waals surface area contributed by atoms with Gasteiger partial charge in [0.2, 0.25) is 5.88 Å². The van der Waals surface area contributed by atoms with Crippen molar-refractivity contribution in [3.63, 3.8) is 0 Å². The number of sulfone groups is 1. The molecule has 0 bridgehead atoms. The molecule has 3 aromatic rings. The first kappa shape index (κ1) is 22.5. The predicted molar refractivity (Wildman–Crippen MR) is 122 cm³/mol. The molecular formula is C24H24FN3O5S. The number of fused-ring (bicyclic) bond motifs is 1. The van der Waals surface area contributed by atoms with Gasteiger partial charge in [0, 0.05) is 31.1 Å². The van der Waals surface area contributed by atoms with Crippen molar-refractivity contribution in [2.24, 2.45) is 0 Å². The van der Waals surface area contributed by atoms with E-state index in [9.17, 15) is 17.6 Å². The lowest BCUT2D eigenvalue weighted by Gasteiger charge is -2.30. The normalized spacial score (nSPS) is 19.3. The van der Waals surface area contributed by atoms with Crippen LogP contribution in [0.1, 0.15) is 40.2 Å². The zero-order chi connectivity index (χ0) is 23.9. The van der Waals surface area contributed by atoms with Gasteiger partial charge in [0.05, 0.1) is 27.8 Å². The molecule has 0 aliphatic carbocycles. The Morgan fingerprint density at radius 2 is 2.00 bits per heavy atom. The van der Waals surface area contributed by atoms with Crippen LogP contribution in [0.4, 0.5) is 4.39 Å². The number of hydrogen-bond acceptors (Lipinski definition) is 7. The fourth-order valence-electron chi connectivity index (χ4n) is 4.48. The third-order valence-electron chi connectivity index (χ3n) is 6.44. The van der Waals surface area contributed by atoms with Crippen LogP contribution in [0.15, 0.2) is 40.9 Å². The van der Waals surface area contributed by atoms with Crippen molar-refractivity contribution in [1.29, 1.82) is 0 Å². The maximum absolute atomic E-state index is 13.3. The summed E-state index contributed by atoms with van der Waals surface area (Å²) >= 11 is 0. The Kier molecular flexibility index (Phi) is 5.85. The average molecular weight is 486 g/mol. The van der Waals surface area contributed by atoms with Gasteiger partial charge in [0.1, 0.15) is 23.9 Å². The first-order chi connectivity index (χ1) is 16.3. The Morgan fingerprint density at radius 1 is 1.21 bits per heavy atom. The summed E-state index contributed by atoms with van der Waals surface area (Å²) in [6.45, 7) is 2.58. The number of carbonyl (C=O) groups excluding carboxylic acids is 1. The fourth-order valence-corrected chi connectivity index (χ4v) is 6.32. The maximum atomic E-state index is 13.3. The van der Waals surface area contributed by atoms with Crippen LogP contribution in [0, 0.1) is 12.7 Å². The Morgan fingerprint density at radius 3 is 2.74 bits per heavy atom. The van der Waals surface area contributed by atoms with Crippen molar-refractivity contribution in [3.8, 4) is 17.1 Å². The Balaban J connectivity index is 1.29. The van der Waals surface area contributed by atoms with Gasteiger partial charge in [-0.1, -0.05) is 5.16 Å². The Hall–Kier alpha value is -3.27. The quantitative estimate of drug-likeness (QED) is 0.528. The molecule has 34 heavy (non-hydrogen) atoms. The number of benzene rings is 1.